The van der Waals surface area contributed by atoms with Gasteiger partial charge in [-0.2, -0.15) is 0 Å². The van der Waals surface area contributed by atoms with Crippen molar-refractivity contribution in [3.63, 3.8) is 0 Å². The lowest BCUT2D eigenvalue weighted by Gasteiger charge is -2.31. The third-order valence-electron chi connectivity index (χ3n) is 5.95. The van der Waals surface area contributed by atoms with Gasteiger partial charge >= 0.3 is 6.09 Å². The first-order chi connectivity index (χ1) is 18.7. The van der Waals surface area contributed by atoms with Crippen LogP contribution in [0.3, 0.4) is 0 Å². The summed E-state index contributed by atoms with van der Waals surface area (Å²) >= 11 is 0. The van der Waals surface area contributed by atoms with Crippen LogP contribution in [0, 0.1) is 5.41 Å². The van der Waals surface area contributed by atoms with Gasteiger partial charge in [0.25, 0.3) is 0 Å². The highest BCUT2D eigenvalue weighted by Crippen LogP contribution is 2.39. The Hall–Kier alpha value is -4.70. The van der Waals surface area contributed by atoms with Gasteiger partial charge in [-0.05, 0) is 48.0 Å². The highest BCUT2D eigenvalue weighted by atomic mass is 16.7. The van der Waals surface area contributed by atoms with Crippen LogP contribution in [-0.2, 0) is 9.53 Å². The molecule has 0 saturated heterocycles. The molecule has 0 saturated carbocycles. The van der Waals surface area contributed by atoms with Gasteiger partial charge < -0.3 is 35.1 Å². The Balaban J connectivity index is 1.52. The van der Waals surface area contributed by atoms with Crippen molar-refractivity contribution in [1.82, 2.24) is 0 Å². The number of hydrogen-bond acceptors (Lipinski definition) is 8. The number of fused-ring (bicyclic) bond motifs is 1. The Bertz CT molecular complexity index is 1340. The van der Waals surface area contributed by atoms with Gasteiger partial charge in [0, 0.05) is 17.2 Å². The van der Waals surface area contributed by atoms with E-state index in [1.807, 2.05) is 13.8 Å². The number of ether oxygens (including phenoxy) is 4. The minimum Gasteiger partial charge on any atom is -0.491 e. The van der Waals surface area contributed by atoms with Crippen LogP contribution in [0.25, 0.3) is 0 Å². The van der Waals surface area contributed by atoms with Crippen molar-refractivity contribution in [1.29, 1.82) is 0 Å². The molecule has 0 radical (unpaired) electrons. The summed E-state index contributed by atoms with van der Waals surface area (Å²) in [7, 11) is 0. The molecule has 204 valence electrons. The summed E-state index contributed by atoms with van der Waals surface area (Å²) in [4.78, 5) is 25.6. The van der Waals surface area contributed by atoms with E-state index in [0.717, 1.165) is 0 Å². The maximum Gasteiger partial charge on any atom is 0.412 e. The number of hydrogen-bond donors (Lipinski definition) is 4. The Morgan fingerprint density at radius 2 is 1.79 bits per heavy atom. The molecule has 5 N–H and O–H groups in total. The largest absolute Gasteiger partial charge is 0.491 e. The van der Waals surface area contributed by atoms with E-state index >= 15 is 0 Å². The van der Waals surface area contributed by atoms with Crippen molar-refractivity contribution >= 4 is 29.1 Å². The van der Waals surface area contributed by atoms with Crippen LogP contribution < -0.4 is 30.6 Å². The van der Waals surface area contributed by atoms with Crippen LogP contribution >= 0.6 is 0 Å². The molecule has 4 rings (SSSR count). The number of carbonyl (C=O) groups is 2. The SMILES string of the molecule is CC(C)(/C=C/C(=O)Nc1ccccc1N)[C@H](OC(=O)Nc1ccc2c(c1)OCO2)c1ccc(OCCO)cc1. The summed E-state index contributed by atoms with van der Waals surface area (Å²) in [5, 5.41) is 14.5. The van der Waals surface area contributed by atoms with Gasteiger partial charge in [0.2, 0.25) is 12.7 Å². The first-order valence-electron chi connectivity index (χ1n) is 12.3. The normalized spacial score (nSPS) is 13.1. The molecule has 10 heteroatoms. The van der Waals surface area contributed by atoms with Gasteiger partial charge in [-0.15, -0.1) is 0 Å². The second kappa shape index (κ2) is 12.2. The van der Waals surface area contributed by atoms with Gasteiger partial charge in [0.05, 0.1) is 18.0 Å². The number of nitrogen functional groups attached to an aromatic ring is 1. The van der Waals surface area contributed by atoms with Gasteiger partial charge in [-0.1, -0.05) is 44.2 Å². The van der Waals surface area contributed by atoms with E-state index in [2.05, 4.69) is 10.6 Å². The van der Waals surface area contributed by atoms with E-state index in [0.29, 0.717) is 39.9 Å². The molecule has 1 aliphatic rings. The minimum absolute atomic E-state index is 0.109. The molecule has 39 heavy (non-hydrogen) atoms. The van der Waals surface area contributed by atoms with Gasteiger partial charge in [0.1, 0.15) is 18.5 Å². The molecule has 0 aromatic heterocycles. The maximum atomic E-state index is 13.0. The highest BCUT2D eigenvalue weighted by Gasteiger charge is 2.33. The predicted octanol–water partition coefficient (Wildman–Crippen LogP) is 4.88. The van der Waals surface area contributed by atoms with E-state index in [-0.39, 0.29) is 25.9 Å². The third kappa shape index (κ3) is 7.20. The minimum atomic E-state index is -0.820. The molecular formula is C29H31N3O7. The molecule has 0 bridgehead atoms. The second-order valence-corrected chi connectivity index (χ2v) is 9.35. The van der Waals surface area contributed by atoms with E-state index in [1.54, 1.807) is 72.8 Å². The summed E-state index contributed by atoms with van der Waals surface area (Å²) in [6.45, 7) is 3.87. The molecule has 1 heterocycles. The van der Waals surface area contributed by atoms with E-state index in [4.69, 9.17) is 29.8 Å². The molecule has 10 nitrogen and oxygen atoms in total. The summed E-state index contributed by atoms with van der Waals surface area (Å²) < 4.78 is 22.0. The molecule has 0 aliphatic carbocycles. The zero-order valence-electron chi connectivity index (χ0n) is 21.7. The molecule has 1 aliphatic heterocycles. The number of nitrogens with two attached hydrogens (primary N) is 1. The number of benzene rings is 3. The fourth-order valence-electron chi connectivity index (χ4n) is 3.94. The van der Waals surface area contributed by atoms with Crippen LogP contribution in [0.1, 0.15) is 25.5 Å². The number of aliphatic hydroxyl groups excluding tert-OH is 1. The quantitative estimate of drug-likeness (QED) is 0.213. The highest BCUT2D eigenvalue weighted by molar-refractivity contribution is 6.01. The Morgan fingerprint density at radius 3 is 2.54 bits per heavy atom. The van der Waals surface area contributed by atoms with Gasteiger partial charge in [-0.3, -0.25) is 10.1 Å². The Kier molecular flexibility index (Phi) is 8.57. The summed E-state index contributed by atoms with van der Waals surface area (Å²) in [5.74, 6) is 1.30. The number of aliphatic hydroxyl groups is 1. The third-order valence-corrected chi connectivity index (χ3v) is 5.95. The van der Waals surface area contributed by atoms with Crippen LogP contribution in [0.5, 0.6) is 17.2 Å². The zero-order valence-corrected chi connectivity index (χ0v) is 21.7. The van der Waals surface area contributed by atoms with Crippen molar-refractivity contribution in [2.24, 2.45) is 5.41 Å². The van der Waals surface area contributed by atoms with E-state index in [9.17, 15) is 9.59 Å². The molecule has 0 fully saturated rings. The van der Waals surface area contributed by atoms with Crippen LogP contribution in [0.2, 0.25) is 0 Å². The first kappa shape index (κ1) is 27.3. The lowest BCUT2D eigenvalue weighted by molar-refractivity contribution is -0.112. The van der Waals surface area contributed by atoms with Gasteiger partial charge in [-0.25, -0.2) is 4.79 Å². The maximum absolute atomic E-state index is 13.0. The lowest BCUT2D eigenvalue weighted by atomic mass is 9.82. The molecule has 0 unspecified atom stereocenters. The fraction of sp³-hybridized carbons (Fsp3) is 0.241. The second-order valence-electron chi connectivity index (χ2n) is 9.35. The van der Waals surface area contributed by atoms with Crippen molar-refractivity contribution in [2.45, 2.75) is 20.0 Å². The van der Waals surface area contributed by atoms with Crippen molar-refractivity contribution in [2.75, 3.05) is 36.4 Å². The standard InChI is InChI=1S/C29H31N3O7/c1-29(2,14-13-26(34)32-23-6-4-3-5-22(23)30)27(19-7-10-21(11-8-19)36-16-15-33)39-28(35)31-20-9-12-24-25(17-20)38-18-37-24/h3-14,17,27,33H,15-16,18,30H2,1-2H3,(H,31,35)(H,32,34)/b14-13+/t27-/m1/s1. The monoisotopic (exact) mass is 533 g/mol. The van der Waals surface area contributed by atoms with E-state index < -0.39 is 17.6 Å². The molecule has 3 aromatic rings. The molecular weight excluding hydrogens is 502 g/mol. The average Bonchev–Trinajstić information content (AvgIpc) is 3.39. The predicted molar refractivity (Wildman–Crippen MR) is 147 cm³/mol. The smallest absolute Gasteiger partial charge is 0.412 e. The van der Waals surface area contributed by atoms with Crippen molar-refractivity contribution in [3.8, 4) is 17.2 Å². The average molecular weight is 534 g/mol. The molecule has 0 spiro atoms. The fourth-order valence-corrected chi connectivity index (χ4v) is 3.94. The topological polar surface area (TPSA) is 141 Å². The Labute approximate surface area is 226 Å². The molecule has 2 amide bonds. The lowest BCUT2D eigenvalue weighted by Crippen LogP contribution is -2.28. The van der Waals surface area contributed by atoms with Crippen molar-refractivity contribution < 1.29 is 33.6 Å². The number of rotatable bonds is 10. The summed E-state index contributed by atoms with van der Waals surface area (Å²) in [6.07, 6.45) is 1.58. The molecule has 3 aromatic carbocycles. The number of carbonyl (C=O) groups excluding carboxylic acids is 2. The van der Waals surface area contributed by atoms with E-state index in [1.165, 1.54) is 6.08 Å². The Morgan fingerprint density at radius 1 is 1.05 bits per heavy atom. The number of anilines is 3. The van der Waals surface area contributed by atoms with Crippen LogP contribution in [0.15, 0.2) is 78.9 Å². The van der Waals surface area contributed by atoms with Crippen molar-refractivity contribution in [3.05, 3.63) is 84.4 Å². The van der Waals surface area contributed by atoms with Crippen LogP contribution in [0.4, 0.5) is 21.9 Å². The zero-order chi connectivity index (χ0) is 27.8. The first-order valence-corrected chi connectivity index (χ1v) is 12.3. The number of nitrogens with one attached hydrogen (secondary N) is 2. The number of para-hydroxylation sites is 2. The summed E-state index contributed by atoms with van der Waals surface area (Å²) in [6, 6.07) is 19.0. The summed E-state index contributed by atoms with van der Waals surface area (Å²) in [5.41, 5.74) is 7.20. The van der Waals surface area contributed by atoms with Gasteiger partial charge in [0.15, 0.2) is 11.5 Å². The molecule has 1 atom stereocenters. The van der Waals surface area contributed by atoms with Crippen LogP contribution in [-0.4, -0.2) is 37.1 Å². The number of amides is 2.